The topological polar surface area (TPSA) is 82.9 Å². The van der Waals surface area contributed by atoms with Gasteiger partial charge in [-0.2, -0.15) is 0 Å². The minimum atomic E-state index is 0. The minimum absolute atomic E-state index is 0. The molecule has 0 radical (unpaired) electrons. The lowest BCUT2D eigenvalue weighted by molar-refractivity contribution is -0.116. The maximum Gasteiger partial charge on any atom is 0.224 e. The Labute approximate surface area is 152 Å². The molecule has 6 nitrogen and oxygen atoms in total. The lowest BCUT2D eigenvalue weighted by atomic mass is 10.2. The summed E-state index contributed by atoms with van der Waals surface area (Å²) in [5.74, 6) is 1.38. The van der Waals surface area contributed by atoms with Crippen LogP contribution in [0.15, 0.2) is 41.0 Å². The maximum absolute atomic E-state index is 11.8. The summed E-state index contributed by atoms with van der Waals surface area (Å²) in [5.41, 5.74) is 2.45. The molecule has 2 heterocycles. The second kappa shape index (κ2) is 9.32. The minimum Gasteiger partial charge on any atom is -0.461 e. The Morgan fingerprint density at radius 2 is 2.12 bits per heavy atom. The fourth-order valence-corrected chi connectivity index (χ4v) is 2.27. The quantitative estimate of drug-likeness (QED) is 0.578. The van der Waals surface area contributed by atoms with E-state index in [-0.39, 0.29) is 30.7 Å². The molecule has 8 heteroatoms. The van der Waals surface area contributed by atoms with Gasteiger partial charge in [0.2, 0.25) is 5.91 Å². The van der Waals surface area contributed by atoms with Gasteiger partial charge in [-0.05, 0) is 50.3 Å². The predicted molar refractivity (Wildman–Crippen MR) is 100 cm³/mol. The van der Waals surface area contributed by atoms with E-state index in [9.17, 15) is 4.79 Å². The average Bonchev–Trinajstić information content (AvgIpc) is 3.16. The highest BCUT2D eigenvalue weighted by molar-refractivity contribution is 5.93. The van der Waals surface area contributed by atoms with Gasteiger partial charge in [0.05, 0.1) is 17.3 Å². The van der Waals surface area contributed by atoms with Crippen LogP contribution in [0.5, 0.6) is 0 Å². The number of anilines is 1. The summed E-state index contributed by atoms with van der Waals surface area (Å²) in [6, 6.07) is 9.28. The van der Waals surface area contributed by atoms with Crippen LogP contribution in [0, 0.1) is 0 Å². The first-order valence-corrected chi connectivity index (χ1v) is 7.24. The van der Waals surface area contributed by atoms with Gasteiger partial charge in [0, 0.05) is 12.1 Å². The summed E-state index contributed by atoms with van der Waals surface area (Å²) in [6.45, 7) is 0.833. The fraction of sp³-hybridized carbons (Fsp3) is 0.250. The molecular weight excluding hydrogens is 351 g/mol. The number of hydrogen-bond donors (Lipinski definition) is 3. The Bertz CT molecular complexity index is 772. The van der Waals surface area contributed by atoms with Gasteiger partial charge >= 0.3 is 0 Å². The van der Waals surface area contributed by atoms with Gasteiger partial charge in [0.25, 0.3) is 0 Å². The second-order valence-electron chi connectivity index (χ2n) is 5.05. The summed E-state index contributed by atoms with van der Waals surface area (Å²) >= 11 is 0. The Hall–Kier alpha value is -2.02. The molecule has 24 heavy (non-hydrogen) atoms. The number of imidazole rings is 1. The molecular formula is C16H20Cl2N4O2. The molecule has 3 rings (SSSR count). The first-order valence-electron chi connectivity index (χ1n) is 7.24. The van der Waals surface area contributed by atoms with E-state index in [1.165, 1.54) is 0 Å². The van der Waals surface area contributed by atoms with Crippen LogP contribution in [0.1, 0.15) is 12.8 Å². The van der Waals surface area contributed by atoms with Crippen LogP contribution in [0.3, 0.4) is 0 Å². The molecule has 2 aromatic heterocycles. The van der Waals surface area contributed by atoms with E-state index in [4.69, 9.17) is 4.42 Å². The third-order valence-electron chi connectivity index (χ3n) is 3.35. The maximum atomic E-state index is 11.8. The summed E-state index contributed by atoms with van der Waals surface area (Å²) in [7, 11) is 1.88. The lowest BCUT2D eigenvalue weighted by Gasteiger charge is -2.04. The first kappa shape index (κ1) is 20.0. The number of amides is 1. The number of carbonyl (C=O) groups excluding carboxylic acids is 1. The molecule has 130 valence electrons. The van der Waals surface area contributed by atoms with Crippen molar-refractivity contribution >= 4 is 47.4 Å². The van der Waals surface area contributed by atoms with Crippen molar-refractivity contribution in [3.05, 3.63) is 36.6 Å². The summed E-state index contributed by atoms with van der Waals surface area (Å²) < 4.78 is 5.33. The largest absolute Gasteiger partial charge is 0.461 e. The zero-order valence-corrected chi connectivity index (χ0v) is 14.8. The summed E-state index contributed by atoms with van der Waals surface area (Å²) in [4.78, 5) is 19.5. The molecule has 1 aromatic carbocycles. The third-order valence-corrected chi connectivity index (χ3v) is 3.35. The SMILES string of the molecule is CNCCCC(=O)Nc1ccc2nc(-c3ccco3)[nH]c2c1.Cl.Cl. The van der Waals surface area contributed by atoms with Crippen LogP contribution >= 0.6 is 24.8 Å². The van der Waals surface area contributed by atoms with Crippen molar-refractivity contribution in [1.82, 2.24) is 15.3 Å². The number of aromatic nitrogens is 2. The van der Waals surface area contributed by atoms with Gasteiger partial charge in [-0.25, -0.2) is 4.98 Å². The highest BCUT2D eigenvalue weighted by atomic mass is 35.5. The van der Waals surface area contributed by atoms with E-state index in [0.717, 1.165) is 29.7 Å². The van der Waals surface area contributed by atoms with Gasteiger partial charge in [-0.1, -0.05) is 0 Å². The number of hydrogen-bond acceptors (Lipinski definition) is 4. The van der Waals surface area contributed by atoms with Crippen molar-refractivity contribution in [3.63, 3.8) is 0 Å². The molecule has 0 aliphatic heterocycles. The van der Waals surface area contributed by atoms with Crippen LogP contribution in [0.25, 0.3) is 22.6 Å². The standard InChI is InChI=1S/C16H18N4O2.2ClH/c1-17-8-2-5-15(21)18-11-6-7-12-13(10-11)20-16(19-12)14-4-3-9-22-14;;/h3-4,6-7,9-10,17H,2,5,8H2,1H3,(H,18,21)(H,19,20);2*1H. The molecule has 0 unspecified atom stereocenters. The van der Waals surface area contributed by atoms with E-state index in [1.54, 1.807) is 6.26 Å². The molecule has 0 spiro atoms. The molecule has 0 bridgehead atoms. The number of fused-ring (bicyclic) bond motifs is 1. The third kappa shape index (κ3) is 4.74. The highest BCUT2D eigenvalue weighted by Gasteiger charge is 2.09. The van der Waals surface area contributed by atoms with E-state index in [2.05, 4.69) is 20.6 Å². The van der Waals surface area contributed by atoms with Crippen molar-refractivity contribution < 1.29 is 9.21 Å². The number of rotatable bonds is 6. The molecule has 3 N–H and O–H groups in total. The van der Waals surface area contributed by atoms with E-state index in [1.807, 2.05) is 37.4 Å². The normalized spacial score (nSPS) is 10.0. The number of halogens is 2. The smallest absolute Gasteiger partial charge is 0.224 e. The fourth-order valence-electron chi connectivity index (χ4n) is 2.27. The molecule has 0 aliphatic rings. The predicted octanol–water partition coefficient (Wildman–Crippen LogP) is 3.60. The molecule has 3 aromatic rings. The van der Waals surface area contributed by atoms with E-state index in [0.29, 0.717) is 18.0 Å². The molecule has 0 saturated heterocycles. The van der Waals surface area contributed by atoms with Crippen LogP contribution in [-0.2, 0) is 4.79 Å². The summed E-state index contributed by atoms with van der Waals surface area (Å²) in [5, 5.41) is 5.92. The van der Waals surface area contributed by atoms with Gasteiger partial charge in [0.1, 0.15) is 0 Å². The molecule has 0 atom stereocenters. The van der Waals surface area contributed by atoms with E-state index < -0.39 is 0 Å². The van der Waals surface area contributed by atoms with Crippen molar-refractivity contribution in [3.8, 4) is 11.6 Å². The number of nitrogens with one attached hydrogen (secondary N) is 3. The molecule has 0 aliphatic carbocycles. The van der Waals surface area contributed by atoms with Crippen molar-refractivity contribution in [2.24, 2.45) is 0 Å². The van der Waals surface area contributed by atoms with Crippen LogP contribution in [0.4, 0.5) is 5.69 Å². The van der Waals surface area contributed by atoms with Crippen molar-refractivity contribution in [2.45, 2.75) is 12.8 Å². The van der Waals surface area contributed by atoms with Crippen molar-refractivity contribution in [2.75, 3.05) is 18.9 Å². The number of nitrogens with zero attached hydrogens (tertiary/aromatic N) is 1. The van der Waals surface area contributed by atoms with Gasteiger partial charge in [-0.3, -0.25) is 4.79 Å². The number of aromatic amines is 1. The monoisotopic (exact) mass is 370 g/mol. The molecule has 1 amide bonds. The number of furan rings is 1. The van der Waals surface area contributed by atoms with Crippen LogP contribution in [-0.4, -0.2) is 29.5 Å². The van der Waals surface area contributed by atoms with Crippen LogP contribution < -0.4 is 10.6 Å². The molecule has 0 fully saturated rings. The Kier molecular flexibility index (Phi) is 7.78. The number of benzene rings is 1. The zero-order chi connectivity index (χ0) is 15.4. The Balaban J connectivity index is 0.00000144. The van der Waals surface area contributed by atoms with Gasteiger partial charge in [0.15, 0.2) is 11.6 Å². The van der Waals surface area contributed by atoms with E-state index >= 15 is 0 Å². The number of carbonyl (C=O) groups is 1. The average molecular weight is 371 g/mol. The van der Waals surface area contributed by atoms with Gasteiger partial charge < -0.3 is 20.0 Å². The van der Waals surface area contributed by atoms with Gasteiger partial charge in [-0.15, -0.1) is 24.8 Å². The lowest BCUT2D eigenvalue weighted by Crippen LogP contribution is -2.15. The Morgan fingerprint density at radius 1 is 1.29 bits per heavy atom. The second-order valence-corrected chi connectivity index (χ2v) is 5.05. The summed E-state index contributed by atoms with van der Waals surface area (Å²) in [6.07, 6.45) is 2.93. The zero-order valence-electron chi connectivity index (χ0n) is 13.2. The highest BCUT2D eigenvalue weighted by Crippen LogP contribution is 2.23. The van der Waals surface area contributed by atoms with Crippen LogP contribution in [0.2, 0.25) is 0 Å². The number of H-pyrrole nitrogens is 1. The molecule has 0 saturated carbocycles. The Morgan fingerprint density at radius 3 is 2.83 bits per heavy atom. The first-order chi connectivity index (χ1) is 10.8. The van der Waals surface area contributed by atoms with Crippen molar-refractivity contribution in [1.29, 1.82) is 0 Å².